The monoisotopic (exact) mass is 309 g/mol. The van der Waals surface area contributed by atoms with Gasteiger partial charge in [0.15, 0.2) is 0 Å². The van der Waals surface area contributed by atoms with E-state index in [0.29, 0.717) is 11.4 Å². The second-order valence-corrected chi connectivity index (χ2v) is 5.56. The van der Waals surface area contributed by atoms with Crippen molar-refractivity contribution >= 4 is 18.3 Å². The van der Waals surface area contributed by atoms with Crippen LogP contribution in [-0.2, 0) is 9.31 Å². The molecule has 1 fully saturated rings. The zero-order valence-electron chi connectivity index (χ0n) is 15.6. The number of rotatable bonds is 2. The van der Waals surface area contributed by atoms with Gasteiger partial charge in [-0.25, -0.2) is 0 Å². The molecule has 0 aromatic heterocycles. The van der Waals surface area contributed by atoms with Gasteiger partial charge in [0.25, 0.3) is 0 Å². The van der Waals surface area contributed by atoms with Crippen molar-refractivity contribution in [2.45, 2.75) is 66.6 Å². The summed E-state index contributed by atoms with van der Waals surface area (Å²) in [4.78, 5) is 0. The third-order valence-electron chi connectivity index (χ3n) is 3.79. The lowest BCUT2D eigenvalue weighted by molar-refractivity contribution is 0.00578. The Hall–Kier alpha value is -1.20. The highest BCUT2D eigenvalue weighted by Gasteiger charge is 2.52. The number of hydrogen-bond donors (Lipinski definition) is 1. The van der Waals surface area contributed by atoms with E-state index in [-0.39, 0.29) is 11.2 Å². The molecule has 4 nitrogen and oxygen atoms in total. The molecule has 126 valence electrons. The van der Waals surface area contributed by atoms with Gasteiger partial charge in [-0.1, -0.05) is 39.8 Å². The van der Waals surface area contributed by atoms with E-state index in [1.165, 1.54) is 0 Å². The number of anilines is 1. The van der Waals surface area contributed by atoms with Gasteiger partial charge in [0, 0.05) is 5.46 Å². The van der Waals surface area contributed by atoms with Crippen LogP contribution in [0.3, 0.4) is 0 Å². The first-order valence-electron chi connectivity index (χ1n) is 8.06. The molecule has 2 rings (SSSR count). The van der Waals surface area contributed by atoms with Crippen LogP contribution in [-0.4, -0.2) is 25.4 Å². The lowest BCUT2D eigenvalue weighted by atomic mass is 9.78. The molecule has 22 heavy (non-hydrogen) atoms. The van der Waals surface area contributed by atoms with Crippen molar-refractivity contribution < 1.29 is 14.0 Å². The molecule has 1 aromatic rings. The summed E-state index contributed by atoms with van der Waals surface area (Å²) in [6, 6.07) is 5.59. The minimum atomic E-state index is -0.451. The highest BCUT2D eigenvalue weighted by molar-refractivity contribution is 6.63. The molecule has 0 radical (unpaired) electrons. The Morgan fingerprint density at radius 1 is 0.955 bits per heavy atom. The van der Waals surface area contributed by atoms with Crippen LogP contribution < -0.4 is 15.9 Å². The quantitative estimate of drug-likeness (QED) is 0.669. The zero-order valence-corrected chi connectivity index (χ0v) is 15.6. The largest absolute Gasteiger partial charge is 0.498 e. The number of nitrogen functional groups attached to an aromatic ring is 1. The summed E-state index contributed by atoms with van der Waals surface area (Å²) in [6.07, 6.45) is 0. The number of benzene rings is 1. The Bertz CT molecular complexity index is 445. The van der Waals surface area contributed by atoms with Crippen molar-refractivity contribution in [1.29, 1.82) is 0 Å². The molecule has 2 N–H and O–H groups in total. The summed E-state index contributed by atoms with van der Waals surface area (Å²) in [5.74, 6) is 0.621. The van der Waals surface area contributed by atoms with Crippen LogP contribution in [0, 0.1) is 0 Å². The molecule has 1 heterocycles. The molecule has 0 spiro atoms. The topological polar surface area (TPSA) is 53.7 Å². The van der Waals surface area contributed by atoms with E-state index in [0.717, 1.165) is 5.46 Å². The van der Waals surface area contributed by atoms with Crippen LogP contribution in [0.2, 0.25) is 0 Å². The number of methoxy groups -OCH3 is 1. The maximum Gasteiger partial charge on any atom is 0.498 e. The zero-order chi connectivity index (χ0) is 17.6. The highest BCUT2D eigenvalue weighted by atomic mass is 16.7. The molecule has 0 saturated carbocycles. The molecular formula is C17H32BNO3. The van der Waals surface area contributed by atoms with Crippen molar-refractivity contribution in [2.24, 2.45) is 0 Å². The van der Waals surface area contributed by atoms with Gasteiger partial charge in [-0.2, -0.15) is 0 Å². The molecule has 0 aliphatic carbocycles. The summed E-state index contributed by atoms with van der Waals surface area (Å²) >= 11 is 0. The van der Waals surface area contributed by atoms with Gasteiger partial charge in [-0.05, 0) is 33.8 Å². The summed E-state index contributed by atoms with van der Waals surface area (Å²) in [6.45, 7) is 16.1. The number of nitrogens with two attached hydrogens (primary N) is 1. The summed E-state index contributed by atoms with van der Waals surface area (Å²) in [7, 11) is 1.15. The Morgan fingerprint density at radius 2 is 1.41 bits per heavy atom. The summed E-state index contributed by atoms with van der Waals surface area (Å²) in [5, 5.41) is 0. The normalized spacial score (nSPS) is 17.8. The molecular weight excluding hydrogens is 277 g/mol. The van der Waals surface area contributed by atoms with E-state index in [1.54, 1.807) is 13.2 Å². The van der Waals surface area contributed by atoms with Crippen LogP contribution in [0.1, 0.15) is 55.4 Å². The van der Waals surface area contributed by atoms with Gasteiger partial charge in [0.05, 0.1) is 24.0 Å². The molecule has 1 saturated heterocycles. The molecule has 0 unspecified atom stereocenters. The van der Waals surface area contributed by atoms with E-state index in [9.17, 15) is 0 Å². The predicted molar refractivity (Wildman–Crippen MR) is 95.8 cm³/mol. The van der Waals surface area contributed by atoms with Gasteiger partial charge in [0.2, 0.25) is 0 Å². The Labute approximate surface area is 136 Å². The van der Waals surface area contributed by atoms with E-state index < -0.39 is 7.12 Å². The number of para-hydroxylation sites is 1. The molecule has 1 aliphatic heterocycles. The van der Waals surface area contributed by atoms with Crippen LogP contribution in [0.4, 0.5) is 5.69 Å². The van der Waals surface area contributed by atoms with Crippen molar-refractivity contribution in [1.82, 2.24) is 0 Å². The van der Waals surface area contributed by atoms with Gasteiger partial charge >= 0.3 is 7.12 Å². The van der Waals surface area contributed by atoms with E-state index >= 15 is 0 Å². The fraction of sp³-hybridized carbons (Fsp3) is 0.647. The summed E-state index contributed by atoms with van der Waals surface area (Å²) < 4.78 is 17.3. The fourth-order valence-corrected chi connectivity index (χ4v) is 1.96. The molecule has 0 atom stereocenters. The van der Waals surface area contributed by atoms with E-state index in [1.807, 2.05) is 67.5 Å². The maximum absolute atomic E-state index is 5.99. The van der Waals surface area contributed by atoms with Gasteiger partial charge < -0.3 is 19.8 Å². The van der Waals surface area contributed by atoms with Crippen LogP contribution in [0.25, 0.3) is 0 Å². The average molecular weight is 309 g/mol. The van der Waals surface area contributed by atoms with Crippen molar-refractivity contribution in [3.8, 4) is 5.75 Å². The van der Waals surface area contributed by atoms with E-state index in [4.69, 9.17) is 19.8 Å². The standard InChI is InChI=1S/C13H20BNO3.2C2H6/c1-12(2)13(3,4)18-14(17-12)9-7-6-8-10(15)11(9)16-5;2*1-2/h6-8H,15H2,1-5H3;2*1-2H3. The number of ether oxygens (including phenoxy) is 1. The minimum Gasteiger partial charge on any atom is -0.495 e. The lowest BCUT2D eigenvalue weighted by Crippen LogP contribution is -2.41. The van der Waals surface area contributed by atoms with Crippen LogP contribution in [0.15, 0.2) is 18.2 Å². The second kappa shape index (κ2) is 8.44. The molecule has 5 heteroatoms. The average Bonchev–Trinajstić information content (AvgIpc) is 2.71. The lowest BCUT2D eigenvalue weighted by Gasteiger charge is -2.32. The number of hydrogen-bond acceptors (Lipinski definition) is 4. The molecule has 0 bridgehead atoms. The molecule has 1 aromatic carbocycles. The Balaban J connectivity index is 0.00000102. The Kier molecular flexibility index (Phi) is 7.98. The third-order valence-corrected chi connectivity index (χ3v) is 3.79. The van der Waals surface area contributed by atoms with Gasteiger partial charge in [0.1, 0.15) is 5.75 Å². The Morgan fingerprint density at radius 3 is 1.82 bits per heavy atom. The van der Waals surface area contributed by atoms with Crippen molar-refractivity contribution in [3.63, 3.8) is 0 Å². The van der Waals surface area contributed by atoms with Gasteiger partial charge in [-0.3, -0.25) is 0 Å². The first-order valence-corrected chi connectivity index (χ1v) is 8.06. The van der Waals surface area contributed by atoms with Crippen molar-refractivity contribution in [2.75, 3.05) is 12.8 Å². The fourth-order valence-electron chi connectivity index (χ4n) is 1.96. The van der Waals surface area contributed by atoms with Crippen LogP contribution >= 0.6 is 0 Å². The smallest absolute Gasteiger partial charge is 0.495 e. The third kappa shape index (κ3) is 4.17. The summed E-state index contributed by atoms with van der Waals surface area (Å²) in [5.41, 5.74) is 6.58. The maximum atomic E-state index is 5.99. The second-order valence-electron chi connectivity index (χ2n) is 5.56. The molecule has 0 amide bonds. The first-order chi connectivity index (χ1) is 10.3. The molecule has 1 aliphatic rings. The highest BCUT2D eigenvalue weighted by Crippen LogP contribution is 2.37. The van der Waals surface area contributed by atoms with Crippen molar-refractivity contribution in [3.05, 3.63) is 18.2 Å². The SMILES string of the molecule is CC.CC.COc1c(N)cccc1B1OC(C)(C)C(C)(C)O1. The van der Waals surface area contributed by atoms with Crippen LogP contribution in [0.5, 0.6) is 5.75 Å². The first kappa shape index (κ1) is 20.8. The predicted octanol–water partition coefficient (Wildman–Crippen LogP) is 3.63. The minimum absolute atomic E-state index is 0.368. The van der Waals surface area contributed by atoms with Gasteiger partial charge in [-0.15, -0.1) is 0 Å². The van der Waals surface area contributed by atoms with E-state index in [2.05, 4.69) is 0 Å².